The molecule has 0 aromatic heterocycles. The van der Waals surface area contributed by atoms with E-state index in [2.05, 4.69) is 0 Å². The molecular weight excluding hydrogens is 468 g/mol. The molecule has 3 rings (SSSR count). The van der Waals surface area contributed by atoms with Crippen molar-refractivity contribution in [3.63, 3.8) is 0 Å². The number of nitrogens with zero attached hydrogens (tertiary/aromatic N) is 2. The van der Waals surface area contributed by atoms with Gasteiger partial charge in [0, 0.05) is 52.1 Å². The summed E-state index contributed by atoms with van der Waals surface area (Å²) in [4.78, 5) is 59.7. The first-order chi connectivity index (χ1) is 16.5. The second kappa shape index (κ2) is 10.7. The van der Waals surface area contributed by atoms with Crippen LogP contribution in [0.5, 0.6) is 0 Å². The number of rotatable bonds is 7. The van der Waals surface area contributed by atoms with Crippen LogP contribution in [0.4, 0.5) is 11.4 Å². The molecule has 0 bridgehead atoms. The number of nitro benzene ring substituents is 1. The van der Waals surface area contributed by atoms with Crippen molar-refractivity contribution in [2.24, 2.45) is 0 Å². The first-order valence-electron chi connectivity index (χ1n) is 10.8. The highest BCUT2D eigenvalue weighted by atomic mass is 16.7. The predicted molar refractivity (Wildman–Crippen MR) is 116 cm³/mol. The van der Waals surface area contributed by atoms with Crippen molar-refractivity contribution in [2.75, 3.05) is 18.1 Å². The molecule has 2 heterocycles. The van der Waals surface area contributed by atoms with Gasteiger partial charge in [-0.05, 0) is 18.1 Å². The molecule has 1 aromatic carbocycles. The Morgan fingerprint density at radius 1 is 0.971 bits per heavy atom. The highest BCUT2D eigenvalue weighted by Crippen LogP contribution is 2.38. The molecule has 1 fully saturated rings. The first kappa shape index (κ1) is 25.9. The normalized spacial score (nSPS) is 25.3. The maximum absolute atomic E-state index is 12.0. The van der Waals surface area contributed by atoms with Gasteiger partial charge in [-0.1, -0.05) is 0 Å². The van der Waals surface area contributed by atoms with E-state index in [4.69, 9.17) is 23.7 Å². The number of anilines is 1. The van der Waals surface area contributed by atoms with E-state index in [1.807, 2.05) is 0 Å². The van der Waals surface area contributed by atoms with E-state index >= 15 is 0 Å². The van der Waals surface area contributed by atoms with Crippen molar-refractivity contribution in [2.45, 2.75) is 64.8 Å². The van der Waals surface area contributed by atoms with Gasteiger partial charge in [0.25, 0.3) is 5.69 Å². The number of nitro groups is 1. The van der Waals surface area contributed by atoms with Crippen molar-refractivity contribution >= 4 is 35.3 Å². The Labute approximate surface area is 200 Å². The molecule has 0 spiro atoms. The largest absolute Gasteiger partial charge is 0.463 e. The minimum atomic E-state index is -1.29. The number of carbonyl (C=O) groups excluding carboxylic acids is 4. The summed E-state index contributed by atoms with van der Waals surface area (Å²) in [6, 6.07) is 4.33. The SMILES string of the molecule is CC(=O)OC[C@H]1O[C@@H](N2CCc3cc([N+](=O)[O-])ccc32)[C@H](OC(C)=O)[C@@H](OC(C)=O)[C@@H]1OC(C)=O. The lowest BCUT2D eigenvalue weighted by Crippen LogP contribution is -2.66. The number of hydrogen-bond donors (Lipinski definition) is 0. The van der Waals surface area contributed by atoms with Crippen LogP contribution in [0.3, 0.4) is 0 Å². The lowest BCUT2D eigenvalue weighted by molar-refractivity contribution is -0.384. The number of fused-ring (bicyclic) bond motifs is 1. The molecular formula is C22H26N2O11. The molecule has 13 nitrogen and oxygen atoms in total. The quantitative estimate of drug-likeness (QED) is 0.230. The van der Waals surface area contributed by atoms with Gasteiger partial charge < -0.3 is 28.6 Å². The summed E-state index contributed by atoms with van der Waals surface area (Å²) in [5, 5.41) is 11.2. The maximum atomic E-state index is 12.0. The summed E-state index contributed by atoms with van der Waals surface area (Å²) >= 11 is 0. The molecule has 0 saturated carbocycles. The summed E-state index contributed by atoms with van der Waals surface area (Å²) in [7, 11) is 0. The molecule has 35 heavy (non-hydrogen) atoms. The molecule has 0 aliphatic carbocycles. The van der Waals surface area contributed by atoms with Gasteiger partial charge in [-0.2, -0.15) is 0 Å². The Morgan fingerprint density at radius 2 is 1.57 bits per heavy atom. The van der Waals surface area contributed by atoms with E-state index < -0.39 is 59.4 Å². The molecule has 0 amide bonds. The topological polar surface area (TPSA) is 161 Å². The highest BCUT2D eigenvalue weighted by molar-refractivity contribution is 5.69. The lowest BCUT2D eigenvalue weighted by atomic mass is 9.96. The fourth-order valence-corrected chi connectivity index (χ4v) is 4.25. The Hall–Kier alpha value is -3.74. The van der Waals surface area contributed by atoms with Crippen LogP contribution in [0.25, 0.3) is 0 Å². The first-order valence-corrected chi connectivity index (χ1v) is 10.8. The van der Waals surface area contributed by atoms with E-state index in [0.717, 1.165) is 20.8 Å². The van der Waals surface area contributed by atoms with Crippen LogP contribution in [-0.2, 0) is 49.3 Å². The van der Waals surface area contributed by atoms with Crippen molar-refractivity contribution in [3.8, 4) is 0 Å². The standard InChI is InChI=1S/C22H26N2O11/c1-11(25)31-10-18-19(32-12(2)26)20(33-13(3)27)21(34-14(4)28)22(35-18)23-8-7-15-9-16(24(29)30)5-6-17(15)23/h5-6,9,18-22H,7-8,10H2,1-4H3/t18-,19-,20+,21-,22-/m1/s1. The van der Waals surface area contributed by atoms with E-state index in [1.54, 1.807) is 11.0 Å². The Kier molecular flexibility index (Phi) is 7.89. The molecule has 13 heteroatoms. The van der Waals surface area contributed by atoms with Crippen LogP contribution in [0.2, 0.25) is 0 Å². The molecule has 2 aliphatic heterocycles. The molecule has 1 saturated heterocycles. The maximum Gasteiger partial charge on any atom is 0.303 e. The van der Waals surface area contributed by atoms with Gasteiger partial charge in [-0.15, -0.1) is 0 Å². The fraction of sp³-hybridized carbons (Fsp3) is 0.545. The molecule has 0 unspecified atom stereocenters. The summed E-state index contributed by atoms with van der Waals surface area (Å²) < 4.78 is 27.6. The van der Waals surface area contributed by atoms with Crippen LogP contribution in [0.15, 0.2) is 18.2 Å². The number of non-ortho nitro benzene ring substituents is 1. The summed E-state index contributed by atoms with van der Waals surface area (Å²) in [5.41, 5.74) is 1.19. The molecule has 0 N–H and O–H groups in total. The van der Waals surface area contributed by atoms with Crippen LogP contribution in [-0.4, -0.2) is 72.6 Å². The Balaban J connectivity index is 2.05. The fourth-order valence-electron chi connectivity index (χ4n) is 4.25. The van der Waals surface area contributed by atoms with Gasteiger partial charge in [-0.25, -0.2) is 0 Å². The van der Waals surface area contributed by atoms with Crippen molar-refractivity contribution in [1.82, 2.24) is 0 Å². The van der Waals surface area contributed by atoms with Crippen molar-refractivity contribution in [3.05, 3.63) is 33.9 Å². The van der Waals surface area contributed by atoms with Gasteiger partial charge >= 0.3 is 23.9 Å². The summed E-state index contributed by atoms with van der Waals surface area (Å²) in [6.07, 6.45) is -5.49. The highest BCUT2D eigenvalue weighted by Gasteiger charge is 2.54. The van der Waals surface area contributed by atoms with Gasteiger partial charge in [-0.3, -0.25) is 29.3 Å². The zero-order valence-corrected chi connectivity index (χ0v) is 19.6. The third-order valence-electron chi connectivity index (χ3n) is 5.48. The van der Waals surface area contributed by atoms with Crippen molar-refractivity contribution < 1.29 is 47.8 Å². The average molecular weight is 494 g/mol. The zero-order chi connectivity index (χ0) is 25.9. The van der Waals surface area contributed by atoms with E-state index in [1.165, 1.54) is 19.1 Å². The van der Waals surface area contributed by atoms with E-state index in [0.29, 0.717) is 24.2 Å². The second-order valence-corrected chi connectivity index (χ2v) is 8.10. The molecule has 0 radical (unpaired) electrons. The van der Waals surface area contributed by atoms with Gasteiger partial charge in [0.15, 0.2) is 24.5 Å². The summed E-state index contributed by atoms with van der Waals surface area (Å²) in [6.45, 7) is 4.64. The predicted octanol–water partition coefficient (Wildman–Crippen LogP) is 1.04. The molecule has 5 atom stereocenters. The third-order valence-corrected chi connectivity index (χ3v) is 5.48. The summed E-state index contributed by atoms with van der Waals surface area (Å²) in [5.74, 6) is -2.77. The average Bonchev–Trinajstić information content (AvgIpc) is 3.17. The number of benzene rings is 1. The molecule has 2 aliphatic rings. The zero-order valence-electron chi connectivity index (χ0n) is 19.6. The van der Waals surface area contributed by atoms with E-state index in [9.17, 15) is 29.3 Å². The second-order valence-electron chi connectivity index (χ2n) is 8.10. The van der Waals surface area contributed by atoms with Gasteiger partial charge in [0.05, 0.1) is 4.92 Å². The van der Waals surface area contributed by atoms with Gasteiger partial charge in [0.2, 0.25) is 0 Å². The number of ether oxygens (including phenoxy) is 5. The van der Waals surface area contributed by atoms with Crippen LogP contribution < -0.4 is 4.90 Å². The minimum Gasteiger partial charge on any atom is -0.463 e. The van der Waals surface area contributed by atoms with Gasteiger partial charge in [0.1, 0.15) is 12.7 Å². The van der Waals surface area contributed by atoms with Crippen molar-refractivity contribution in [1.29, 1.82) is 0 Å². The number of carbonyl (C=O) groups is 4. The number of hydrogen-bond acceptors (Lipinski definition) is 12. The van der Waals surface area contributed by atoms with Crippen LogP contribution >= 0.6 is 0 Å². The van der Waals surface area contributed by atoms with Crippen LogP contribution in [0.1, 0.15) is 33.3 Å². The van der Waals surface area contributed by atoms with E-state index in [-0.39, 0.29) is 12.3 Å². The smallest absolute Gasteiger partial charge is 0.303 e. The lowest BCUT2D eigenvalue weighted by Gasteiger charge is -2.47. The monoisotopic (exact) mass is 494 g/mol. The number of esters is 4. The molecule has 1 aromatic rings. The van der Waals surface area contributed by atoms with Crippen LogP contribution in [0, 0.1) is 10.1 Å². The Bertz CT molecular complexity index is 1030. The minimum absolute atomic E-state index is 0.0767. The third kappa shape index (κ3) is 6.04. The molecule has 190 valence electrons. The Morgan fingerprint density at radius 3 is 2.14 bits per heavy atom.